The molecule has 10 nitrogen and oxygen atoms in total. The zero-order valence-electron chi connectivity index (χ0n) is 24.6. The normalized spacial score (nSPS) is 23.4. The van der Waals surface area contributed by atoms with Crippen LogP contribution in [0.4, 0.5) is 5.82 Å². The highest BCUT2D eigenvalue weighted by Crippen LogP contribution is 2.32. The lowest BCUT2D eigenvalue weighted by atomic mass is 10.1. The third-order valence-corrected chi connectivity index (χ3v) is 10.1. The van der Waals surface area contributed by atoms with Crippen LogP contribution in [0.15, 0.2) is 65.7 Å². The molecule has 0 radical (unpaired) electrons. The number of carbonyl (C=O) groups is 1. The molecule has 1 amide bonds. The van der Waals surface area contributed by atoms with E-state index in [0.29, 0.717) is 11.3 Å². The van der Waals surface area contributed by atoms with Gasteiger partial charge in [0, 0.05) is 30.2 Å². The standard InChI is InChI=1S/C32H35N5O5S/c1-19-16-37(17-20(2)42-19)31-7-5-6-27(36-31)28-11-9-24-14-33-25(13-29(24)35-28)15-34-32(38)23-8-10-26-22(4)41-18-21(3)43(39,40)30(26)12-23/h5-14,19-22H,15-18H2,1-4H3,(H,34,38)/t19-,20+,21-,22+/m0/s1. The van der Waals surface area contributed by atoms with Gasteiger partial charge in [-0.25, -0.2) is 18.4 Å². The minimum Gasteiger partial charge on any atom is -0.372 e. The molecular weight excluding hydrogens is 566 g/mol. The van der Waals surface area contributed by atoms with Gasteiger partial charge in [-0.3, -0.25) is 9.78 Å². The smallest absolute Gasteiger partial charge is 0.251 e. The number of fused-ring (bicyclic) bond motifs is 2. The van der Waals surface area contributed by atoms with Crippen LogP contribution in [0.3, 0.4) is 0 Å². The molecule has 2 aliphatic heterocycles. The predicted molar refractivity (Wildman–Crippen MR) is 164 cm³/mol. The van der Waals surface area contributed by atoms with E-state index in [1.165, 1.54) is 6.07 Å². The molecule has 1 N–H and O–H groups in total. The van der Waals surface area contributed by atoms with Crippen LogP contribution in [0.2, 0.25) is 0 Å². The number of anilines is 1. The number of benzene rings is 1. The fourth-order valence-electron chi connectivity index (χ4n) is 5.61. The summed E-state index contributed by atoms with van der Waals surface area (Å²) >= 11 is 0. The molecule has 0 aliphatic carbocycles. The number of morpholine rings is 1. The maximum atomic E-state index is 13.1. The number of hydrogen-bond acceptors (Lipinski definition) is 9. The number of carbonyl (C=O) groups excluding carboxylic acids is 1. The van der Waals surface area contributed by atoms with Crippen LogP contribution in [-0.4, -0.2) is 66.4 Å². The molecule has 0 unspecified atom stereocenters. The molecule has 6 rings (SSSR count). The van der Waals surface area contributed by atoms with Gasteiger partial charge in [0.25, 0.3) is 5.91 Å². The first kappa shape index (κ1) is 29.2. The Morgan fingerprint density at radius 3 is 2.53 bits per heavy atom. The molecule has 5 heterocycles. The van der Waals surface area contributed by atoms with E-state index in [2.05, 4.69) is 29.0 Å². The number of nitrogens with one attached hydrogen (secondary N) is 1. The van der Waals surface area contributed by atoms with Crippen molar-refractivity contribution in [2.24, 2.45) is 0 Å². The predicted octanol–water partition coefficient (Wildman–Crippen LogP) is 4.49. The summed E-state index contributed by atoms with van der Waals surface area (Å²) in [5.74, 6) is 0.501. The van der Waals surface area contributed by atoms with Crippen LogP contribution in [0.5, 0.6) is 0 Å². The molecule has 4 aromatic rings. The lowest BCUT2D eigenvalue weighted by molar-refractivity contribution is -0.00545. The van der Waals surface area contributed by atoms with Crippen molar-refractivity contribution in [2.75, 3.05) is 24.6 Å². The first-order valence-corrected chi connectivity index (χ1v) is 16.0. The summed E-state index contributed by atoms with van der Waals surface area (Å²) in [5, 5.41) is 3.04. The molecule has 0 spiro atoms. The second kappa shape index (κ2) is 11.6. The highest BCUT2D eigenvalue weighted by Gasteiger charge is 2.33. The van der Waals surface area contributed by atoms with Crippen LogP contribution >= 0.6 is 0 Å². The molecule has 0 bridgehead atoms. The highest BCUT2D eigenvalue weighted by molar-refractivity contribution is 7.92. The summed E-state index contributed by atoms with van der Waals surface area (Å²) < 4.78 is 37.7. The first-order valence-electron chi connectivity index (χ1n) is 14.5. The van der Waals surface area contributed by atoms with Crippen LogP contribution in [-0.2, 0) is 25.9 Å². The minimum absolute atomic E-state index is 0.108. The Morgan fingerprint density at radius 2 is 1.74 bits per heavy atom. The second-order valence-corrected chi connectivity index (χ2v) is 13.7. The van der Waals surface area contributed by atoms with Crippen LogP contribution < -0.4 is 10.2 Å². The SMILES string of the molecule is C[C@@H]1CN(c2cccc(-c3ccc4cnc(CNC(=O)c5ccc6c(c5)S(=O)(=O)[C@@H](C)CO[C@@H]6C)cc4n3)n2)C[C@H](C)O1. The van der Waals surface area contributed by atoms with Gasteiger partial charge in [-0.15, -0.1) is 0 Å². The van der Waals surface area contributed by atoms with E-state index in [-0.39, 0.29) is 47.8 Å². The van der Waals surface area contributed by atoms with E-state index in [1.807, 2.05) is 43.3 Å². The van der Waals surface area contributed by atoms with Crippen molar-refractivity contribution in [1.29, 1.82) is 0 Å². The maximum Gasteiger partial charge on any atom is 0.251 e. The van der Waals surface area contributed by atoms with Crippen molar-refractivity contribution >= 4 is 32.5 Å². The number of ether oxygens (including phenoxy) is 2. The Labute approximate surface area is 251 Å². The lowest BCUT2D eigenvalue weighted by Gasteiger charge is -2.36. The molecule has 1 fully saturated rings. The molecule has 1 aromatic carbocycles. The van der Waals surface area contributed by atoms with Crippen molar-refractivity contribution in [3.05, 3.63) is 77.6 Å². The third-order valence-electron chi connectivity index (χ3n) is 7.93. The largest absolute Gasteiger partial charge is 0.372 e. The van der Waals surface area contributed by atoms with Gasteiger partial charge in [-0.2, -0.15) is 0 Å². The van der Waals surface area contributed by atoms with Gasteiger partial charge in [0.2, 0.25) is 0 Å². The van der Waals surface area contributed by atoms with Gasteiger partial charge >= 0.3 is 0 Å². The van der Waals surface area contributed by atoms with Crippen molar-refractivity contribution in [3.8, 4) is 11.4 Å². The number of aromatic nitrogens is 3. The van der Waals surface area contributed by atoms with Gasteiger partial charge < -0.3 is 19.7 Å². The Kier molecular flexibility index (Phi) is 7.89. The lowest BCUT2D eigenvalue weighted by Crippen LogP contribution is -2.45. The molecule has 2 aliphatic rings. The molecule has 11 heteroatoms. The quantitative estimate of drug-likeness (QED) is 0.352. The van der Waals surface area contributed by atoms with Gasteiger partial charge in [0.1, 0.15) is 5.82 Å². The first-order chi connectivity index (χ1) is 20.6. The Morgan fingerprint density at radius 1 is 0.977 bits per heavy atom. The molecule has 0 saturated carbocycles. The van der Waals surface area contributed by atoms with Crippen LogP contribution in [0, 0.1) is 0 Å². The fraction of sp³-hybridized carbons (Fsp3) is 0.375. The highest BCUT2D eigenvalue weighted by atomic mass is 32.2. The summed E-state index contributed by atoms with van der Waals surface area (Å²) in [6.45, 7) is 9.39. The molecule has 1 saturated heterocycles. The molecular formula is C32H35N5O5S. The van der Waals surface area contributed by atoms with Gasteiger partial charge in [-0.05, 0) is 75.7 Å². The second-order valence-electron chi connectivity index (χ2n) is 11.4. The van der Waals surface area contributed by atoms with Gasteiger partial charge in [0.05, 0.1) is 64.2 Å². The summed E-state index contributed by atoms with van der Waals surface area (Å²) in [5.41, 5.74) is 3.69. The summed E-state index contributed by atoms with van der Waals surface area (Å²) in [6, 6.07) is 16.4. The van der Waals surface area contributed by atoms with Crippen LogP contribution in [0.1, 0.15) is 55.4 Å². The van der Waals surface area contributed by atoms with Gasteiger partial charge in [0.15, 0.2) is 9.84 Å². The zero-order valence-corrected chi connectivity index (χ0v) is 25.5. The molecule has 3 aromatic heterocycles. The Hall–Kier alpha value is -3.93. The van der Waals surface area contributed by atoms with E-state index in [1.54, 1.807) is 25.3 Å². The van der Waals surface area contributed by atoms with Crippen molar-refractivity contribution in [3.63, 3.8) is 0 Å². The van der Waals surface area contributed by atoms with E-state index in [9.17, 15) is 13.2 Å². The number of hydrogen-bond donors (Lipinski definition) is 1. The van der Waals surface area contributed by atoms with Crippen molar-refractivity contribution in [1.82, 2.24) is 20.3 Å². The summed E-state index contributed by atoms with van der Waals surface area (Å²) in [7, 11) is -3.62. The molecule has 224 valence electrons. The number of pyridine rings is 3. The van der Waals surface area contributed by atoms with Crippen molar-refractivity contribution in [2.45, 2.75) is 62.7 Å². The van der Waals surface area contributed by atoms with Crippen LogP contribution in [0.25, 0.3) is 22.3 Å². The number of sulfone groups is 1. The van der Waals surface area contributed by atoms with E-state index in [0.717, 1.165) is 41.2 Å². The number of amides is 1. The molecule has 4 atom stereocenters. The average molecular weight is 602 g/mol. The fourth-order valence-corrected chi connectivity index (χ4v) is 7.16. The number of rotatable bonds is 5. The topological polar surface area (TPSA) is 124 Å². The van der Waals surface area contributed by atoms with Crippen molar-refractivity contribution < 1.29 is 22.7 Å². The summed E-state index contributed by atoms with van der Waals surface area (Å²) in [6.07, 6.45) is 1.61. The Bertz CT molecular complexity index is 1790. The van der Waals surface area contributed by atoms with E-state index >= 15 is 0 Å². The van der Waals surface area contributed by atoms with E-state index in [4.69, 9.17) is 19.4 Å². The average Bonchev–Trinajstić information content (AvgIpc) is 3.08. The monoisotopic (exact) mass is 601 g/mol. The minimum atomic E-state index is -3.62. The zero-order chi connectivity index (χ0) is 30.3. The summed E-state index contributed by atoms with van der Waals surface area (Å²) in [4.78, 5) is 29.7. The maximum absolute atomic E-state index is 13.1. The van der Waals surface area contributed by atoms with Gasteiger partial charge in [-0.1, -0.05) is 12.1 Å². The van der Waals surface area contributed by atoms with E-state index < -0.39 is 15.1 Å². The third kappa shape index (κ3) is 5.97. The Balaban J connectivity index is 1.20. The number of nitrogens with zero attached hydrogens (tertiary/aromatic N) is 4. The molecule has 43 heavy (non-hydrogen) atoms.